The Morgan fingerprint density at radius 2 is 1.70 bits per heavy atom. The first kappa shape index (κ1) is 15.8. The number of anilines is 1. The van der Waals surface area contributed by atoms with Gasteiger partial charge in [-0.25, -0.2) is 0 Å². The van der Waals surface area contributed by atoms with E-state index in [-0.39, 0.29) is 0 Å². The summed E-state index contributed by atoms with van der Waals surface area (Å²) >= 11 is 2.07. The summed E-state index contributed by atoms with van der Waals surface area (Å²) < 4.78 is 0. The minimum atomic E-state index is 0.868. The molecule has 0 aromatic heterocycles. The molecule has 1 aliphatic rings. The molecule has 1 nitrogen and oxygen atoms in total. The van der Waals surface area contributed by atoms with Crippen LogP contribution in [0.25, 0.3) is 0 Å². The number of hydrogen-bond donors (Lipinski definition) is 1. The number of hydrogen-bond acceptors (Lipinski definition) is 2. The van der Waals surface area contributed by atoms with E-state index in [0.29, 0.717) is 0 Å². The molecule has 0 bridgehead atoms. The van der Waals surface area contributed by atoms with Crippen LogP contribution in [0.15, 0.2) is 29.2 Å². The highest BCUT2D eigenvalue weighted by molar-refractivity contribution is 8.00. The zero-order chi connectivity index (χ0) is 14.0. The fraction of sp³-hybridized carbons (Fsp3) is 0.667. The van der Waals surface area contributed by atoms with Gasteiger partial charge in [-0.15, -0.1) is 11.8 Å². The van der Waals surface area contributed by atoms with Crippen molar-refractivity contribution in [1.29, 1.82) is 0 Å². The Morgan fingerprint density at radius 1 is 1.00 bits per heavy atom. The quantitative estimate of drug-likeness (QED) is 0.551. The summed E-state index contributed by atoms with van der Waals surface area (Å²) in [6.45, 7) is 3.38. The van der Waals surface area contributed by atoms with Crippen LogP contribution < -0.4 is 5.32 Å². The van der Waals surface area contributed by atoms with Gasteiger partial charge in [0, 0.05) is 22.4 Å². The van der Waals surface area contributed by atoms with Crippen molar-refractivity contribution in [3.8, 4) is 0 Å². The first-order valence-electron chi connectivity index (χ1n) is 8.39. The van der Waals surface area contributed by atoms with Crippen LogP contribution >= 0.6 is 11.8 Å². The molecule has 0 atom stereocenters. The van der Waals surface area contributed by atoms with Crippen molar-refractivity contribution in [3.63, 3.8) is 0 Å². The molecule has 0 spiro atoms. The van der Waals surface area contributed by atoms with E-state index in [1.165, 1.54) is 68.4 Å². The van der Waals surface area contributed by atoms with E-state index in [9.17, 15) is 0 Å². The fourth-order valence-corrected chi connectivity index (χ4v) is 4.06. The molecule has 2 rings (SSSR count). The second kappa shape index (κ2) is 9.33. The van der Waals surface area contributed by atoms with E-state index in [1.807, 2.05) is 0 Å². The smallest absolute Gasteiger partial charge is 0.0340 e. The largest absolute Gasteiger partial charge is 0.385 e. The molecule has 0 aliphatic heterocycles. The standard InChI is InChI=1S/C18H29NS/c1-2-3-4-5-8-15-19-16-11-13-18(14-12-16)20-17-9-6-7-10-17/h11-14,17,19H,2-10,15H2,1H3. The van der Waals surface area contributed by atoms with Gasteiger partial charge in [-0.2, -0.15) is 0 Å². The van der Waals surface area contributed by atoms with Crippen LogP contribution in [0.4, 0.5) is 5.69 Å². The van der Waals surface area contributed by atoms with Crippen LogP contribution in [0.5, 0.6) is 0 Å². The van der Waals surface area contributed by atoms with Gasteiger partial charge < -0.3 is 5.32 Å². The number of thioether (sulfide) groups is 1. The van der Waals surface area contributed by atoms with E-state index in [2.05, 4.69) is 48.3 Å². The molecule has 1 aromatic carbocycles. The molecule has 20 heavy (non-hydrogen) atoms. The highest BCUT2D eigenvalue weighted by Crippen LogP contribution is 2.34. The van der Waals surface area contributed by atoms with Gasteiger partial charge in [0.15, 0.2) is 0 Å². The van der Waals surface area contributed by atoms with Crippen molar-refractivity contribution in [2.24, 2.45) is 0 Å². The molecule has 0 saturated heterocycles. The average molecular weight is 292 g/mol. The minimum absolute atomic E-state index is 0.868. The Labute approximate surface area is 128 Å². The molecular formula is C18H29NS. The summed E-state index contributed by atoms with van der Waals surface area (Å²) in [6.07, 6.45) is 12.4. The van der Waals surface area contributed by atoms with Crippen LogP contribution in [-0.2, 0) is 0 Å². The fourth-order valence-electron chi connectivity index (χ4n) is 2.81. The lowest BCUT2D eigenvalue weighted by molar-refractivity contribution is 0.645. The monoisotopic (exact) mass is 291 g/mol. The van der Waals surface area contributed by atoms with Crippen LogP contribution in [0.1, 0.15) is 64.7 Å². The number of benzene rings is 1. The highest BCUT2D eigenvalue weighted by Gasteiger charge is 2.15. The molecule has 0 heterocycles. The van der Waals surface area contributed by atoms with E-state index in [0.717, 1.165) is 11.8 Å². The normalized spacial score (nSPS) is 15.7. The van der Waals surface area contributed by atoms with E-state index in [4.69, 9.17) is 0 Å². The molecule has 1 aliphatic carbocycles. The first-order valence-corrected chi connectivity index (χ1v) is 9.27. The zero-order valence-electron chi connectivity index (χ0n) is 12.9. The van der Waals surface area contributed by atoms with Crippen LogP contribution in [0, 0.1) is 0 Å². The van der Waals surface area contributed by atoms with Gasteiger partial charge in [-0.1, -0.05) is 45.4 Å². The lowest BCUT2D eigenvalue weighted by Gasteiger charge is -2.10. The van der Waals surface area contributed by atoms with Crippen molar-refractivity contribution in [2.45, 2.75) is 74.9 Å². The highest BCUT2D eigenvalue weighted by atomic mass is 32.2. The maximum Gasteiger partial charge on any atom is 0.0340 e. The topological polar surface area (TPSA) is 12.0 Å². The van der Waals surface area contributed by atoms with Crippen molar-refractivity contribution in [1.82, 2.24) is 0 Å². The molecule has 1 fully saturated rings. The van der Waals surface area contributed by atoms with Crippen LogP contribution in [0.2, 0.25) is 0 Å². The van der Waals surface area contributed by atoms with Crippen molar-refractivity contribution < 1.29 is 0 Å². The average Bonchev–Trinajstić information content (AvgIpc) is 2.97. The van der Waals surface area contributed by atoms with E-state index >= 15 is 0 Å². The molecule has 2 heteroatoms. The first-order chi connectivity index (χ1) is 9.88. The summed E-state index contributed by atoms with van der Waals surface area (Å²) in [6, 6.07) is 9.04. The lowest BCUT2D eigenvalue weighted by atomic mass is 10.1. The number of unbranched alkanes of at least 4 members (excludes halogenated alkanes) is 4. The van der Waals surface area contributed by atoms with Crippen LogP contribution in [-0.4, -0.2) is 11.8 Å². The maximum absolute atomic E-state index is 3.53. The van der Waals surface area contributed by atoms with Crippen molar-refractivity contribution in [3.05, 3.63) is 24.3 Å². The van der Waals surface area contributed by atoms with Gasteiger partial charge in [0.2, 0.25) is 0 Å². The minimum Gasteiger partial charge on any atom is -0.385 e. The third-order valence-electron chi connectivity index (χ3n) is 4.07. The van der Waals surface area contributed by atoms with Gasteiger partial charge >= 0.3 is 0 Å². The van der Waals surface area contributed by atoms with Gasteiger partial charge in [0.1, 0.15) is 0 Å². The Morgan fingerprint density at radius 3 is 2.40 bits per heavy atom. The predicted molar refractivity (Wildman–Crippen MR) is 91.8 cm³/mol. The second-order valence-electron chi connectivity index (χ2n) is 5.89. The second-order valence-corrected chi connectivity index (χ2v) is 7.26. The van der Waals surface area contributed by atoms with E-state index in [1.54, 1.807) is 0 Å². The third kappa shape index (κ3) is 5.78. The Balaban J connectivity index is 1.63. The van der Waals surface area contributed by atoms with Crippen molar-refractivity contribution in [2.75, 3.05) is 11.9 Å². The molecule has 1 N–H and O–H groups in total. The number of nitrogens with one attached hydrogen (secondary N) is 1. The SMILES string of the molecule is CCCCCCCNc1ccc(SC2CCCC2)cc1. The molecular weight excluding hydrogens is 262 g/mol. The molecule has 0 amide bonds. The summed E-state index contributed by atoms with van der Waals surface area (Å²) in [5.74, 6) is 0. The molecule has 1 saturated carbocycles. The summed E-state index contributed by atoms with van der Waals surface area (Å²) in [5, 5.41) is 4.40. The van der Waals surface area contributed by atoms with Gasteiger partial charge in [0.25, 0.3) is 0 Å². The van der Waals surface area contributed by atoms with Gasteiger partial charge in [-0.3, -0.25) is 0 Å². The summed E-state index contributed by atoms with van der Waals surface area (Å²) in [7, 11) is 0. The molecule has 0 radical (unpaired) electrons. The summed E-state index contributed by atoms with van der Waals surface area (Å²) in [4.78, 5) is 1.44. The van der Waals surface area contributed by atoms with Gasteiger partial charge in [0.05, 0.1) is 0 Å². The maximum atomic E-state index is 3.53. The molecule has 112 valence electrons. The lowest BCUT2D eigenvalue weighted by Crippen LogP contribution is -2.01. The number of rotatable bonds is 9. The van der Waals surface area contributed by atoms with Gasteiger partial charge in [-0.05, 0) is 43.5 Å². The van der Waals surface area contributed by atoms with Crippen LogP contribution in [0.3, 0.4) is 0 Å². The molecule has 1 aromatic rings. The van der Waals surface area contributed by atoms with E-state index < -0.39 is 0 Å². The molecule has 0 unspecified atom stereocenters. The zero-order valence-corrected chi connectivity index (χ0v) is 13.7. The van der Waals surface area contributed by atoms with Crippen molar-refractivity contribution >= 4 is 17.4 Å². The Kier molecular flexibility index (Phi) is 7.35. The predicted octanol–water partition coefficient (Wildman–Crippen LogP) is 6.10. The Bertz CT molecular complexity index is 354. The Hall–Kier alpha value is -0.630. The summed E-state index contributed by atoms with van der Waals surface area (Å²) in [5.41, 5.74) is 1.27. The third-order valence-corrected chi connectivity index (χ3v) is 5.42.